The molecule has 3 aromatic rings. The highest BCUT2D eigenvalue weighted by Crippen LogP contribution is 2.37. The topological polar surface area (TPSA) is 102 Å². The van der Waals surface area contributed by atoms with Crippen molar-refractivity contribution in [3.8, 4) is 11.1 Å². The number of nitro benzene ring substituents is 1. The van der Waals surface area contributed by atoms with Gasteiger partial charge in [-0.15, -0.1) is 11.3 Å². The average Bonchev–Trinajstić information content (AvgIpc) is 3.27. The van der Waals surface area contributed by atoms with Crippen LogP contribution in [0, 0.1) is 22.0 Å². The molecule has 36 heavy (non-hydrogen) atoms. The fourth-order valence-corrected chi connectivity index (χ4v) is 5.75. The number of nitrogens with one attached hydrogen (secondary N) is 1. The summed E-state index contributed by atoms with van der Waals surface area (Å²) in [6.45, 7) is 7.66. The standard InChI is InChI=1S/C27H29N3O5S/c1-4-35-27(32)24-21(19-8-6-5-7-9-19)16-36-26(24)28-25(31)20-10-11-22(23(13-20)30(33)34)29-14-17(2)12-18(3)15-29/h5-11,13,16-18H,4,12,14-15H2,1-3H3,(H,28,31)/t17-,18-/m0/s1. The molecule has 2 aromatic carbocycles. The van der Waals surface area contributed by atoms with E-state index in [0.29, 0.717) is 28.1 Å². The van der Waals surface area contributed by atoms with Crippen LogP contribution in [0.3, 0.4) is 0 Å². The van der Waals surface area contributed by atoms with Crippen LogP contribution in [0.5, 0.6) is 0 Å². The van der Waals surface area contributed by atoms with E-state index in [4.69, 9.17) is 4.74 Å². The Balaban J connectivity index is 1.65. The monoisotopic (exact) mass is 507 g/mol. The first-order valence-electron chi connectivity index (χ1n) is 12.0. The van der Waals surface area contributed by atoms with E-state index in [0.717, 1.165) is 25.1 Å². The maximum atomic E-state index is 13.2. The Morgan fingerprint density at radius 2 is 1.83 bits per heavy atom. The number of anilines is 2. The molecule has 0 aliphatic carbocycles. The maximum absolute atomic E-state index is 13.2. The highest BCUT2D eigenvalue weighted by molar-refractivity contribution is 7.15. The molecule has 2 atom stereocenters. The van der Waals surface area contributed by atoms with Crippen molar-refractivity contribution in [2.45, 2.75) is 27.2 Å². The fourth-order valence-electron chi connectivity index (χ4n) is 4.80. The van der Waals surface area contributed by atoms with Gasteiger partial charge >= 0.3 is 5.97 Å². The summed E-state index contributed by atoms with van der Waals surface area (Å²) in [5.41, 5.74) is 2.30. The van der Waals surface area contributed by atoms with Crippen molar-refractivity contribution < 1.29 is 19.2 Å². The number of benzene rings is 2. The molecule has 4 rings (SSSR count). The number of hydrogen-bond acceptors (Lipinski definition) is 7. The second kappa shape index (κ2) is 10.9. The lowest BCUT2D eigenvalue weighted by Gasteiger charge is -2.36. The molecule has 8 nitrogen and oxygen atoms in total. The summed E-state index contributed by atoms with van der Waals surface area (Å²) in [6.07, 6.45) is 1.08. The molecule has 0 unspecified atom stereocenters. The third-order valence-corrected chi connectivity index (χ3v) is 7.12. The predicted octanol–water partition coefficient (Wildman–Crippen LogP) is 6.23. The molecule has 1 aliphatic rings. The number of carbonyl (C=O) groups is 2. The molecule has 0 bridgehead atoms. The number of esters is 1. The van der Waals surface area contributed by atoms with Crippen LogP contribution in [0.2, 0.25) is 0 Å². The van der Waals surface area contributed by atoms with Gasteiger partial charge in [-0.25, -0.2) is 4.79 Å². The highest BCUT2D eigenvalue weighted by Gasteiger charge is 2.29. The molecule has 1 aromatic heterocycles. The Labute approximate surface area is 214 Å². The minimum absolute atomic E-state index is 0.106. The van der Waals surface area contributed by atoms with Gasteiger partial charge in [-0.1, -0.05) is 44.2 Å². The van der Waals surface area contributed by atoms with Crippen LogP contribution >= 0.6 is 11.3 Å². The van der Waals surface area contributed by atoms with E-state index in [2.05, 4.69) is 19.2 Å². The number of nitro groups is 1. The summed E-state index contributed by atoms with van der Waals surface area (Å²) >= 11 is 1.21. The van der Waals surface area contributed by atoms with E-state index in [1.165, 1.54) is 17.4 Å². The van der Waals surface area contributed by atoms with E-state index in [-0.39, 0.29) is 23.4 Å². The number of carbonyl (C=O) groups excluding carboxylic acids is 2. The SMILES string of the molecule is CCOC(=O)c1c(-c2ccccc2)csc1NC(=O)c1ccc(N2C[C@@H](C)C[C@H](C)C2)c([N+](=O)[O-])c1. The number of nitrogens with zero attached hydrogens (tertiary/aromatic N) is 2. The molecular weight excluding hydrogens is 478 g/mol. The van der Waals surface area contributed by atoms with Crippen molar-refractivity contribution in [2.75, 3.05) is 29.9 Å². The normalized spacial score (nSPS) is 17.5. The Kier molecular flexibility index (Phi) is 7.69. The Morgan fingerprint density at radius 1 is 1.14 bits per heavy atom. The lowest BCUT2D eigenvalue weighted by molar-refractivity contribution is -0.384. The number of amides is 1. The molecule has 1 fully saturated rings. The van der Waals surface area contributed by atoms with E-state index in [1.807, 2.05) is 35.2 Å². The number of hydrogen-bond donors (Lipinski definition) is 1. The summed E-state index contributed by atoms with van der Waals surface area (Å²) in [5, 5.41) is 16.8. The van der Waals surface area contributed by atoms with Crippen LogP contribution in [0.4, 0.5) is 16.4 Å². The first-order valence-corrected chi connectivity index (χ1v) is 12.8. The van der Waals surface area contributed by atoms with Crippen molar-refractivity contribution in [1.29, 1.82) is 0 Å². The number of ether oxygens (including phenoxy) is 1. The van der Waals surface area contributed by atoms with Crippen LogP contribution in [0.15, 0.2) is 53.9 Å². The fraction of sp³-hybridized carbons (Fsp3) is 0.333. The van der Waals surface area contributed by atoms with Gasteiger partial charge in [-0.2, -0.15) is 0 Å². The summed E-state index contributed by atoms with van der Waals surface area (Å²) < 4.78 is 5.25. The molecule has 0 radical (unpaired) electrons. The zero-order valence-electron chi connectivity index (χ0n) is 20.5. The number of thiophene rings is 1. The van der Waals surface area contributed by atoms with Crippen molar-refractivity contribution in [3.05, 3.63) is 75.2 Å². The minimum atomic E-state index is -0.539. The van der Waals surface area contributed by atoms with Gasteiger partial charge in [0.25, 0.3) is 11.6 Å². The van der Waals surface area contributed by atoms with Crippen molar-refractivity contribution >= 4 is 39.6 Å². The van der Waals surface area contributed by atoms with E-state index in [9.17, 15) is 19.7 Å². The average molecular weight is 508 g/mol. The molecule has 1 amide bonds. The minimum Gasteiger partial charge on any atom is -0.462 e. The number of rotatable bonds is 7. The first-order chi connectivity index (χ1) is 17.3. The Hall–Kier alpha value is -3.72. The van der Waals surface area contributed by atoms with E-state index >= 15 is 0 Å². The lowest BCUT2D eigenvalue weighted by atomic mass is 9.91. The molecule has 0 spiro atoms. The van der Waals surface area contributed by atoms with Gasteiger partial charge in [-0.05, 0) is 42.9 Å². The Bertz CT molecular complexity index is 1260. The van der Waals surface area contributed by atoms with E-state index < -0.39 is 16.8 Å². The summed E-state index contributed by atoms with van der Waals surface area (Å²) in [6, 6.07) is 13.9. The third kappa shape index (κ3) is 5.41. The van der Waals surface area contributed by atoms with Crippen LogP contribution < -0.4 is 10.2 Å². The molecule has 188 valence electrons. The van der Waals surface area contributed by atoms with Gasteiger partial charge in [0.2, 0.25) is 0 Å². The molecule has 9 heteroatoms. The van der Waals surface area contributed by atoms with Gasteiger partial charge in [0.1, 0.15) is 16.3 Å². The Morgan fingerprint density at radius 3 is 2.47 bits per heavy atom. The van der Waals surface area contributed by atoms with Crippen LogP contribution in [0.1, 0.15) is 47.9 Å². The molecule has 0 saturated carbocycles. The molecule has 1 saturated heterocycles. The zero-order valence-corrected chi connectivity index (χ0v) is 21.3. The molecule has 2 heterocycles. The largest absolute Gasteiger partial charge is 0.462 e. The quantitative estimate of drug-likeness (QED) is 0.231. The van der Waals surface area contributed by atoms with Crippen LogP contribution in [0.25, 0.3) is 11.1 Å². The van der Waals surface area contributed by atoms with Gasteiger partial charge in [0, 0.05) is 35.7 Å². The van der Waals surface area contributed by atoms with Gasteiger partial charge in [0.05, 0.1) is 11.5 Å². The van der Waals surface area contributed by atoms with Crippen molar-refractivity contribution in [1.82, 2.24) is 0 Å². The van der Waals surface area contributed by atoms with Crippen LogP contribution in [-0.4, -0.2) is 36.5 Å². The van der Waals surface area contributed by atoms with Crippen LogP contribution in [-0.2, 0) is 4.74 Å². The number of piperidine rings is 1. The smallest absolute Gasteiger partial charge is 0.341 e. The maximum Gasteiger partial charge on any atom is 0.341 e. The van der Waals surface area contributed by atoms with Gasteiger partial charge in [0.15, 0.2) is 0 Å². The van der Waals surface area contributed by atoms with E-state index in [1.54, 1.807) is 24.4 Å². The zero-order chi connectivity index (χ0) is 25.8. The highest BCUT2D eigenvalue weighted by atomic mass is 32.1. The van der Waals surface area contributed by atoms with Gasteiger partial charge < -0.3 is 15.0 Å². The second-order valence-electron chi connectivity index (χ2n) is 9.21. The summed E-state index contributed by atoms with van der Waals surface area (Å²) in [5.74, 6) is -0.217. The second-order valence-corrected chi connectivity index (χ2v) is 10.1. The predicted molar refractivity (Wildman–Crippen MR) is 142 cm³/mol. The lowest BCUT2D eigenvalue weighted by Crippen LogP contribution is -2.39. The molecule has 1 N–H and O–H groups in total. The summed E-state index contributed by atoms with van der Waals surface area (Å²) in [4.78, 5) is 39.5. The van der Waals surface area contributed by atoms with Crippen molar-refractivity contribution in [2.24, 2.45) is 11.8 Å². The van der Waals surface area contributed by atoms with Gasteiger partial charge in [-0.3, -0.25) is 14.9 Å². The molecular formula is C27H29N3O5S. The summed E-state index contributed by atoms with van der Waals surface area (Å²) in [7, 11) is 0. The first kappa shape index (κ1) is 25.4. The third-order valence-electron chi connectivity index (χ3n) is 6.23. The molecule has 1 aliphatic heterocycles. The van der Waals surface area contributed by atoms with Crippen molar-refractivity contribution in [3.63, 3.8) is 0 Å².